The highest BCUT2D eigenvalue weighted by Gasteiger charge is 2.09. The number of carbonyl (C=O) groups is 1. The van der Waals surface area contributed by atoms with Crippen molar-refractivity contribution in [1.29, 1.82) is 0 Å². The minimum Gasteiger partial charge on any atom is -0.488 e. The predicted molar refractivity (Wildman–Crippen MR) is 64.5 cm³/mol. The van der Waals surface area contributed by atoms with Crippen molar-refractivity contribution in [2.75, 3.05) is 6.61 Å². The van der Waals surface area contributed by atoms with Gasteiger partial charge in [0.05, 0.1) is 4.47 Å². The first kappa shape index (κ1) is 12.0. The van der Waals surface area contributed by atoms with E-state index < -0.39 is 0 Å². The molecule has 0 saturated carbocycles. The molecular weight excluding hydrogens is 256 g/mol. The number of ether oxygens (including phenoxy) is 1. The molecule has 2 nitrogen and oxygen atoms in total. The van der Waals surface area contributed by atoms with Crippen LogP contribution in [-0.4, -0.2) is 12.4 Å². The van der Waals surface area contributed by atoms with Crippen LogP contribution in [0.4, 0.5) is 0 Å². The SMILES string of the molecule is C=C(C)COc1cccc(C(C)=O)c1Br. The van der Waals surface area contributed by atoms with Crippen LogP contribution in [0.5, 0.6) is 5.75 Å². The highest BCUT2D eigenvalue weighted by Crippen LogP contribution is 2.29. The van der Waals surface area contributed by atoms with Crippen LogP contribution in [0.15, 0.2) is 34.8 Å². The fourth-order valence-corrected chi connectivity index (χ4v) is 1.75. The first-order chi connectivity index (χ1) is 7.02. The van der Waals surface area contributed by atoms with Gasteiger partial charge in [0.1, 0.15) is 12.4 Å². The molecule has 0 atom stereocenters. The fraction of sp³-hybridized carbons (Fsp3) is 0.250. The summed E-state index contributed by atoms with van der Waals surface area (Å²) in [6.45, 7) is 7.63. The molecule has 0 heterocycles. The first-order valence-corrected chi connectivity index (χ1v) is 5.38. The summed E-state index contributed by atoms with van der Waals surface area (Å²) in [6.07, 6.45) is 0. The Bertz CT molecular complexity index is 397. The van der Waals surface area contributed by atoms with E-state index in [2.05, 4.69) is 22.5 Å². The molecule has 0 aliphatic carbocycles. The molecule has 80 valence electrons. The summed E-state index contributed by atoms with van der Waals surface area (Å²) in [7, 11) is 0. The van der Waals surface area contributed by atoms with Gasteiger partial charge >= 0.3 is 0 Å². The van der Waals surface area contributed by atoms with E-state index >= 15 is 0 Å². The maximum absolute atomic E-state index is 11.3. The average molecular weight is 269 g/mol. The zero-order chi connectivity index (χ0) is 11.4. The lowest BCUT2D eigenvalue weighted by atomic mass is 10.1. The second kappa shape index (κ2) is 5.12. The quantitative estimate of drug-likeness (QED) is 0.616. The maximum atomic E-state index is 11.3. The van der Waals surface area contributed by atoms with Crippen molar-refractivity contribution in [1.82, 2.24) is 0 Å². The molecule has 15 heavy (non-hydrogen) atoms. The topological polar surface area (TPSA) is 26.3 Å². The minimum absolute atomic E-state index is 0.0163. The van der Waals surface area contributed by atoms with Crippen LogP contribution >= 0.6 is 15.9 Å². The third-order valence-electron chi connectivity index (χ3n) is 1.82. The summed E-state index contributed by atoms with van der Waals surface area (Å²) in [5.41, 5.74) is 1.57. The number of rotatable bonds is 4. The van der Waals surface area contributed by atoms with Gasteiger partial charge in [0, 0.05) is 5.56 Å². The Balaban J connectivity index is 2.94. The van der Waals surface area contributed by atoms with Gasteiger partial charge in [0.2, 0.25) is 0 Å². The molecule has 1 aromatic rings. The highest BCUT2D eigenvalue weighted by molar-refractivity contribution is 9.10. The van der Waals surface area contributed by atoms with Gasteiger partial charge in [-0.1, -0.05) is 18.7 Å². The Morgan fingerprint density at radius 3 is 2.67 bits per heavy atom. The number of halogens is 1. The van der Waals surface area contributed by atoms with E-state index in [1.165, 1.54) is 6.92 Å². The number of hydrogen-bond acceptors (Lipinski definition) is 2. The molecule has 1 rings (SSSR count). The summed E-state index contributed by atoms with van der Waals surface area (Å²) in [5.74, 6) is 0.688. The van der Waals surface area contributed by atoms with Crippen molar-refractivity contribution < 1.29 is 9.53 Å². The Kier molecular flexibility index (Phi) is 4.09. The van der Waals surface area contributed by atoms with Gasteiger partial charge in [0.15, 0.2) is 5.78 Å². The molecule has 0 amide bonds. The molecular formula is C12H13BrO2. The van der Waals surface area contributed by atoms with E-state index in [1.807, 2.05) is 13.0 Å². The molecule has 0 fully saturated rings. The number of carbonyl (C=O) groups excluding carboxylic acids is 1. The van der Waals surface area contributed by atoms with E-state index in [-0.39, 0.29) is 5.78 Å². The third-order valence-corrected chi connectivity index (χ3v) is 2.63. The van der Waals surface area contributed by atoms with Crippen LogP contribution in [0.1, 0.15) is 24.2 Å². The fourth-order valence-electron chi connectivity index (χ4n) is 1.10. The number of ketones is 1. The van der Waals surface area contributed by atoms with Crippen LogP contribution < -0.4 is 4.74 Å². The summed E-state index contributed by atoms with van der Waals surface area (Å²) < 4.78 is 6.20. The van der Waals surface area contributed by atoms with Crippen LogP contribution in [-0.2, 0) is 0 Å². The van der Waals surface area contributed by atoms with Crippen LogP contribution in [0.3, 0.4) is 0 Å². The van der Waals surface area contributed by atoms with Crippen molar-refractivity contribution in [3.05, 3.63) is 40.4 Å². The molecule has 0 aliphatic rings. The predicted octanol–water partition coefficient (Wildman–Crippen LogP) is 3.61. The zero-order valence-corrected chi connectivity index (χ0v) is 10.4. The molecule has 3 heteroatoms. The normalized spacial score (nSPS) is 9.80. The van der Waals surface area contributed by atoms with Crippen LogP contribution in [0, 0.1) is 0 Å². The second-order valence-electron chi connectivity index (χ2n) is 3.42. The lowest BCUT2D eigenvalue weighted by Crippen LogP contribution is -2.01. The molecule has 0 saturated heterocycles. The molecule has 1 aromatic carbocycles. The summed E-state index contributed by atoms with van der Waals surface area (Å²) >= 11 is 3.36. The average Bonchev–Trinajstić information content (AvgIpc) is 2.15. The van der Waals surface area contributed by atoms with Crippen molar-refractivity contribution in [3.63, 3.8) is 0 Å². The van der Waals surface area contributed by atoms with Gasteiger partial charge in [-0.2, -0.15) is 0 Å². The number of Topliss-reactive ketones (excluding diaryl/α,β-unsaturated/α-hetero) is 1. The van der Waals surface area contributed by atoms with Gasteiger partial charge in [-0.05, 0) is 41.4 Å². The summed E-state index contributed by atoms with van der Waals surface area (Å²) in [5, 5.41) is 0. The standard InChI is InChI=1S/C12H13BrO2/c1-8(2)7-15-11-6-4-5-10(9(3)14)12(11)13/h4-6H,1,7H2,2-3H3. The van der Waals surface area contributed by atoms with Crippen molar-refractivity contribution in [3.8, 4) is 5.75 Å². The van der Waals surface area contributed by atoms with Gasteiger partial charge in [-0.3, -0.25) is 4.79 Å². The van der Waals surface area contributed by atoms with E-state index in [1.54, 1.807) is 12.1 Å². The van der Waals surface area contributed by atoms with E-state index in [9.17, 15) is 4.79 Å². The van der Waals surface area contributed by atoms with Gasteiger partial charge in [0.25, 0.3) is 0 Å². The lowest BCUT2D eigenvalue weighted by molar-refractivity contribution is 0.101. The number of benzene rings is 1. The molecule has 0 aliphatic heterocycles. The van der Waals surface area contributed by atoms with Gasteiger partial charge in [-0.15, -0.1) is 0 Å². The van der Waals surface area contributed by atoms with E-state index in [0.29, 0.717) is 22.4 Å². The smallest absolute Gasteiger partial charge is 0.161 e. The minimum atomic E-state index is 0.0163. The zero-order valence-electron chi connectivity index (χ0n) is 8.84. The largest absolute Gasteiger partial charge is 0.488 e. The second-order valence-corrected chi connectivity index (χ2v) is 4.21. The van der Waals surface area contributed by atoms with Gasteiger partial charge in [-0.25, -0.2) is 0 Å². The molecule has 0 aromatic heterocycles. The third kappa shape index (κ3) is 3.20. The van der Waals surface area contributed by atoms with E-state index in [0.717, 1.165) is 5.57 Å². The Morgan fingerprint density at radius 2 is 2.13 bits per heavy atom. The molecule has 0 N–H and O–H groups in total. The van der Waals surface area contributed by atoms with Crippen molar-refractivity contribution in [2.45, 2.75) is 13.8 Å². The van der Waals surface area contributed by atoms with Crippen molar-refractivity contribution in [2.24, 2.45) is 0 Å². The summed E-state index contributed by atoms with van der Waals surface area (Å²) in [6, 6.07) is 5.38. The van der Waals surface area contributed by atoms with Crippen molar-refractivity contribution >= 4 is 21.7 Å². The molecule has 0 radical (unpaired) electrons. The first-order valence-electron chi connectivity index (χ1n) is 4.59. The van der Waals surface area contributed by atoms with Crippen LogP contribution in [0.25, 0.3) is 0 Å². The summed E-state index contributed by atoms with van der Waals surface area (Å²) in [4.78, 5) is 11.3. The molecule has 0 spiro atoms. The van der Waals surface area contributed by atoms with E-state index in [4.69, 9.17) is 4.74 Å². The molecule has 0 unspecified atom stereocenters. The lowest BCUT2D eigenvalue weighted by Gasteiger charge is -2.09. The Hall–Kier alpha value is -1.09. The van der Waals surface area contributed by atoms with Crippen LogP contribution in [0.2, 0.25) is 0 Å². The number of hydrogen-bond donors (Lipinski definition) is 0. The van der Waals surface area contributed by atoms with Gasteiger partial charge < -0.3 is 4.74 Å². The Labute approximate surface area is 98.1 Å². The maximum Gasteiger partial charge on any atom is 0.161 e. The monoisotopic (exact) mass is 268 g/mol. The Morgan fingerprint density at radius 1 is 1.47 bits per heavy atom. The highest BCUT2D eigenvalue weighted by atomic mass is 79.9. The molecule has 0 bridgehead atoms.